The van der Waals surface area contributed by atoms with Gasteiger partial charge < -0.3 is 0 Å². The molecule has 0 nitrogen and oxygen atoms in total. The quantitative estimate of drug-likeness (QED) is 0.310. The van der Waals surface area contributed by atoms with Gasteiger partial charge in [-0.15, -0.1) is 0 Å². The van der Waals surface area contributed by atoms with Crippen molar-refractivity contribution in [1.29, 1.82) is 0 Å². The van der Waals surface area contributed by atoms with Crippen LogP contribution < -0.4 is 0 Å². The summed E-state index contributed by atoms with van der Waals surface area (Å²) in [6, 6.07) is 0. The van der Waals surface area contributed by atoms with Gasteiger partial charge in [0.15, 0.2) is 0 Å². The van der Waals surface area contributed by atoms with E-state index in [1.54, 1.807) is 31.7 Å². The first-order chi connectivity index (χ1) is 10.8. The summed E-state index contributed by atoms with van der Waals surface area (Å²) in [7, 11) is 0. The maximum atomic E-state index is 2.38. The molecule has 0 N–H and O–H groups in total. The molecule has 23 heavy (non-hydrogen) atoms. The molecule has 0 radical (unpaired) electrons. The lowest BCUT2D eigenvalue weighted by molar-refractivity contribution is 0.659. The van der Waals surface area contributed by atoms with Crippen LogP contribution in [-0.2, 0) is 0 Å². The summed E-state index contributed by atoms with van der Waals surface area (Å²) in [5.41, 5.74) is 0. The van der Waals surface area contributed by atoms with Crippen LogP contribution in [0.1, 0.15) is 81.6 Å². The van der Waals surface area contributed by atoms with Crippen molar-refractivity contribution in [2.24, 2.45) is 17.8 Å². The van der Waals surface area contributed by atoms with E-state index in [-0.39, 0.29) is 14.1 Å². The number of hydrogen-bond donors (Lipinski definition) is 0. The average molecular weight is 355 g/mol. The third-order valence-corrected chi connectivity index (χ3v) is 13.5. The predicted octanol–water partition coefficient (Wildman–Crippen LogP) is 8.16. The molecule has 0 bridgehead atoms. The van der Waals surface area contributed by atoms with E-state index in [0.717, 1.165) is 17.8 Å². The molecule has 2 heteroatoms. The minimum atomic E-state index is -0.407. The Morgan fingerprint density at radius 3 is 0.913 bits per heavy atom. The highest BCUT2D eigenvalue weighted by Gasteiger charge is 2.20. The summed E-state index contributed by atoms with van der Waals surface area (Å²) in [6.45, 7) is 21.2. The molecule has 0 amide bonds. The third-order valence-electron chi connectivity index (χ3n) is 4.50. The Hall–Kier alpha value is 1.06. The van der Waals surface area contributed by atoms with E-state index < -0.39 is 14.1 Å². The predicted molar refractivity (Wildman–Crippen MR) is 116 cm³/mol. The van der Waals surface area contributed by atoms with Crippen LogP contribution in [0.4, 0.5) is 0 Å². The Balaban J connectivity index is 0. The molecule has 0 heterocycles. The Kier molecular flexibility index (Phi) is 20.4. The van der Waals surface area contributed by atoms with Crippen LogP contribution in [0.25, 0.3) is 0 Å². The van der Waals surface area contributed by atoms with Gasteiger partial charge in [0.25, 0.3) is 28.3 Å². The lowest BCUT2D eigenvalue weighted by atomic mass is 10.2. The van der Waals surface area contributed by atoms with Crippen LogP contribution in [0.3, 0.4) is 0 Å². The fourth-order valence-electron chi connectivity index (χ4n) is 3.95. The standard InChI is InChI=1S/3C4H9.3C3H7.2Al/c3*1-4(2)3;3*1-3-2;;/h3*4H,1H2,2-3H3;3*1,3H2,2H3;;. The summed E-state index contributed by atoms with van der Waals surface area (Å²) in [6.07, 6.45) is 4.28. The molecule has 0 aliphatic heterocycles. The maximum absolute atomic E-state index is 2.38. The van der Waals surface area contributed by atoms with Gasteiger partial charge in [-0.3, -0.25) is 0 Å². The molecular weight excluding hydrogens is 306 g/mol. The molecule has 0 aromatic rings. The van der Waals surface area contributed by atoms with E-state index in [1.165, 1.54) is 19.3 Å². The minimum Gasteiger partial charge on any atom is -0.0941 e. The first-order valence-corrected chi connectivity index (χ1v) is 15.7. The molecule has 0 aromatic carbocycles. The molecular formula is C21H48Al2. The van der Waals surface area contributed by atoms with Gasteiger partial charge in [-0.25, -0.2) is 0 Å². The lowest BCUT2D eigenvalue weighted by Gasteiger charge is -2.17. The second-order valence-electron chi connectivity index (χ2n) is 8.99. The van der Waals surface area contributed by atoms with Crippen LogP contribution in [0.2, 0.25) is 31.7 Å². The van der Waals surface area contributed by atoms with Crippen molar-refractivity contribution in [3.63, 3.8) is 0 Å². The second-order valence-corrected chi connectivity index (χ2v) is 15.6. The van der Waals surface area contributed by atoms with Crippen LogP contribution in [-0.4, -0.2) is 28.3 Å². The molecule has 0 spiro atoms. The zero-order valence-electron chi connectivity index (χ0n) is 18.3. The topological polar surface area (TPSA) is 0 Å². The molecule has 0 aliphatic carbocycles. The molecule has 0 rings (SSSR count). The van der Waals surface area contributed by atoms with E-state index in [0.29, 0.717) is 0 Å². The average Bonchev–Trinajstić information content (AvgIpc) is 2.37. The molecule has 0 saturated carbocycles. The largest absolute Gasteiger partial charge is 0.262 e. The molecule has 0 unspecified atom stereocenters. The molecule has 0 atom stereocenters. The highest BCUT2D eigenvalue weighted by atomic mass is 27.2. The fourth-order valence-corrected chi connectivity index (χ4v) is 11.8. The Morgan fingerprint density at radius 2 is 0.739 bits per heavy atom. The van der Waals surface area contributed by atoms with Crippen molar-refractivity contribution >= 4 is 28.3 Å². The zero-order valence-corrected chi connectivity index (χ0v) is 20.6. The molecule has 0 fully saturated rings. The van der Waals surface area contributed by atoms with E-state index >= 15 is 0 Å². The molecule has 0 aromatic heterocycles. The molecule has 0 saturated heterocycles. The van der Waals surface area contributed by atoms with Gasteiger partial charge in [-0.05, 0) is 0 Å². The van der Waals surface area contributed by atoms with E-state index in [4.69, 9.17) is 0 Å². The highest BCUT2D eigenvalue weighted by molar-refractivity contribution is 6.59. The Morgan fingerprint density at radius 1 is 0.478 bits per heavy atom. The van der Waals surface area contributed by atoms with Crippen molar-refractivity contribution in [2.75, 3.05) is 0 Å². The van der Waals surface area contributed by atoms with Gasteiger partial charge in [0.1, 0.15) is 0 Å². The van der Waals surface area contributed by atoms with Gasteiger partial charge >= 0.3 is 0 Å². The monoisotopic (exact) mass is 354 g/mol. The van der Waals surface area contributed by atoms with Crippen molar-refractivity contribution < 1.29 is 0 Å². The summed E-state index contributed by atoms with van der Waals surface area (Å²) < 4.78 is 0. The van der Waals surface area contributed by atoms with Crippen molar-refractivity contribution in [2.45, 2.75) is 113 Å². The smallest absolute Gasteiger partial charge is 0.0941 e. The first kappa shape index (κ1) is 26.3. The maximum Gasteiger partial charge on any atom is 0.262 e. The fraction of sp³-hybridized carbons (Fsp3) is 1.00. The summed E-state index contributed by atoms with van der Waals surface area (Å²) in [4.78, 5) is 0. The van der Waals surface area contributed by atoms with Gasteiger partial charge in [-0.1, -0.05) is 131 Å². The van der Waals surface area contributed by atoms with E-state index in [2.05, 4.69) is 62.3 Å². The number of rotatable bonds is 12. The summed E-state index contributed by atoms with van der Waals surface area (Å²) >= 11 is -0.641. The van der Waals surface area contributed by atoms with Crippen LogP contribution in [0.15, 0.2) is 0 Å². The first-order valence-electron chi connectivity index (χ1n) is 10.8. The third kappa shape index (κ3) is 21.0. The second kappa shape index (κ2) is 17.9. The van der Waals surface area contributed by atoms with E-state index in [1.807, 2.05) is 0 Å². The van der Waals surface area contributed by atoms with Gasteiger partial charge in [0.2, 0.25) is 0 Å². The van der Waals surface area contributed by atoms with Gasteiger partial charge in [-0.2, -0.15) is 0 Å². The number of hydrogen-bond acceptors (Lipinski definition) is 0. The lowest BCUT2D eigenvalue weighted by Crippen LogP contribution is -2.19. The van der Waals surface area contributed by atoms with Crippen molar-refractivity contribution in [3.05, 3.63) is 0 Å². The Labute approximate surface area is 159 Å². The SMILES string of the molecule is CC(C)[CH2][Al]([CH2]C(C)C)[CH2]C(C)C.CC[CH2][Al]([CH2]CC)[CH2]CC. The zero-order chi connectivity index (χ0) is 18.3. The van der Waals surface area contributed by atoms with Gasteiger partial charge in [0, 0.05) is 0 Å². The van der Waals surface area contributed by atoms with Crippen LogP contribution >= 0.6 is 0 Å². The summed E-state index contributed by atoms with van der Waals surface area (Å²) in [5, 5.41) is 9.41. The minimum absolute atomic E-state index is 0.234. The van der Waals surface area contributed by atoms with Gasteiger partial charge in [0.05, 0.1) is 0 Å². The highest BCUT2D eigenvalue weighted by Crippen LogP contribution is 2.21. The van der Waals surface area contributed by atoms with Crippen molar-refractivity contribution in [1.82, 2.24) is 0 Å². The normalized spacial score (nSPS) is 11.0. The van der Waals surface area contributed by atoms with Crippen molar-refractivity contribution in [3.8, 4) is 0 Å². The molecule has 0 aliphatic rings. The summed E-state index contributed by atoms with van der Waals surface area (Å²) in [5.74, 6) is 2.78. The van der Waals surface area contributed by atoms with E-state index in [9.17, 15) is 0 Å². The van der Waals surface area contributed by atoms with Crippen LogP contribution in [0.5, 0.6) is 0 Å². The molecule has 138 valence electrons. The van der Waals surface area contributed by atoms with Crippen LogP contribution in [0, 0.1) is 17.8 Å². The Bertz CT molecular complexity index is 186.